The molecule has 0 aliphatic carbocycles. The zero-order valence-electron chi connectivity index (χ0n) is 25.7. The van der Waals surface area contributed by atoms with Crippen molar-refractivity contribution in [2.45, 2.75) is 53.2 Å². The Labute approximate surface area is 258 Å². The normalized spacial score (nSPS) is 19.3. The first kappa shape index (κ1) is 30.8. The Morgan fingerprint density at radius 2 is 1.68 bits per heavy atom. The Hall–Kier alpha value is -4.69. The van der Waals surface area contributed by atoms with Crippen molar-refractivity contribution >= 4 is 23.7 Å². The smallest absolute Gasteiger partial charge is 0.336 e. The van der Waals surface area contributed by atoms with Crippen LogP contribution in [-0.2, 0) is 20.9 Å². The number of aryl methyl sites for hydroxylation is 1. The molecule has 0 radical (unpaired) electrons. The Morgan fingerprint density at radius 1 is 0.955 bits per heavy atom. The Bertz CT molecular complexity index is 1630. The third kappa shape index (κ3) is 6.45. The van der Waals surface area contributed by atoms with Crippen LogP contribution in [0.2, 0.25) is 0 Å². The van der Waals surface area contributed by atoms with E-state index >= 15 is 0 Å². The van der Waals surface area contributed by atoms with E-state index in [0.717, 1.165) is 27.8 Å². The van der Waals surface area contributed by atoms with Crippen molar-refractivity contribution in [3.05, 3.63) is 112 Å². The lowest BCUT2D eigenvalue weighted by Crippen LogP contribution is -2.42. The molecule has 2 heterocycles. The Kier molecular flexibility index (Phi) is 9.30. The lowest BCUT2D eigenvalue weighted by Gasteiger charge is -2.32. The second kappa shape index (κ2) is 13.3. The molecule has 2 unspecified atom stereocenters. The third-order valence-electron chi connectivity index (χ3n) is 7.79. The maximum atomic E-state index is 14.0. The van der Waals surface area contributed by atoms with Gasteiger partial charge in [0.25, 0.3) is 0 Å². The van der Waals surface area contributed by atoms with Crippen molar-refractivity contribution in [3.8, 4) is 11.5 Å². The highest BCUT2D eigenvalue weighted by Gasteiger charge is 2.47. The van der Waals surface area contributed by atoms with Gasteiger partial charge in [-0.15, -0.1) is 0 Å². The number of aliphatic hydroxyl groups is 1. The molecule has 0 spiro atoms. The Balaban J connectivity index is 1.42. The van der Waals surface area contributed by atoms with Gasteiger partial charge < -0.3 is 24.6 Å². The topological polar surface area (TPSA) is 106 Å². The molecule has 0 fully saturated rings. The number of fused-ring (bicyclic) bond motifs is 1. The number of benzene rings is 3. The summed E-state index contributed by atoms with van der Waals surface area (Å²) < 4.78 is 17.4. The molecule has 2 N–H and O–H groups in total. The van der Waals surface area contributed by atoms with Crippen molar-refractivity contribution in [2.75, 3.05) is 13.2 Å². The van der Waals surface area contributed by atoms with Crippen LogP contribution in [0.25, 0.3) is 6.08 Å². The van der Waals surface area contributed by atoms with Crippen LogP contribution in [0.3, 0.4) is 0 Å². The molecule has 3 aromatic carbocycles. The van der Waals surface area contributed by atoms with Gasteiger partial charge in [0, 0.05) is 11.6 Å². The van der Waals surface area contributed by atoms with Gasteiger partial charge in [-0.2, -0.15) is 0 Å². The minimum absolute atomic E-state index is 0.175. The molecule has 2 aliphatic heterocycles. The summed E-state index contributed by atoms with van der Waals surface area (Å²) in [6, 6.07) is 21.0. The monoisotopic (exact) mass is 594 g/mol. The lowest BCUT2D eigenvalue weighted by molar-refractivity contribution is -0.139. The fraction of sp³-hybridized carbons (Fsp3) is 0.306. The van der Waals surface area contributed by atoms with Gasteiger partial charge in [-0.1, -0.05) is 60.2 Å². The first-order valence-corrected chi connectivity index (χ1v) is 14.9. The number of carbonyl (C=O) groups excluding carboxylic acids is 2. The first-order chi connectivity index (χ1) is 21.2. The fourth-order valence-electron chi connectivity index (χ4n) is 5.55. The van der Waals surface area contributed by atoms with E-state index in [1.165, 1.54) is 0 Å². The fourth-order valence-corrected chi connectivity index (χ4v) is 5.55. The van der Waals surface area contributed by atoms with Crippen molar-refractivity contribution in [1.29, 1.82) is 0 Å². The van der Waals surface area contributed by atoms with Crippen LogP contribution in [0, 0.1) is 12.8 Å². The zero-order valence-corrected chi connectivity index (χ0v) is 25.7. The molecule has 0 saturated carbocycles. The van der Waals surface area contributed by atoms with Gasteiger partial charge >= 0.3 is 5.97 Å². The van der Waals surface area contributed by atoms with Gasteiger partial charge in [-0.25, -0.2) is 9.79 Å². The lowest BCUT2D eigenvalue weighted by atomic mass is 9.75. The summed E-state index contributed by atoms with van der Waals surface area (Å²) in [7, 11) is 0. The maximum Gasteiger partial charge on any atom is 0.336 e. The van der Waals surface area contributed by atoms with E-state index < -0.39 is 23.9 Å². The van der Waals surface area contributed by atoms with Crippen LogP contribution in [0.15, 0.2) is 88.7 Å². The van der Waals surface area contributed by atoms with Crippen LogP contribution >= 0.6 is 0 Å². The number of esters is 1. The van der Waals surface area contributed by atoms with E-state index in [1.54, 1.807) is 19.9 Å². The molecule has 228 valence electrons. The number of aliphatic imine (C=N–C) groups is 1. The molecule has 44 heavy (non-hydrogen) atoms. The van der Waals surface area contributed by atoms with E-state index in [1.807, 2.05) is 87.5 Å². The predicted molar refractivity (Wildman–Crippen MR) is 169 cm³/mol. The molecule has 0 amide bonds. The largest absolute Gasteiger partial charge is 0.490 e. The van der Waals surface area contributed by atoms with Crippen LogP contribution in [-0.4, -0.2) is 35.9 Å². The number of nitrogens with one attached hydrogen (secondary N) is 1. The number of Topliss-reactive ketones (excluding diaryl/α,β-unsaturated/α-hetero) is 1. The Morgan fingerprint density at radius 3 is 2.34 bits per heavy atom. The number of aliphatic hydroxyl groups excluding tert-OH is 1. The SMILES string of the molecule is CCOC(=O)C1=C(C)NC2=N/C(=C\c3ccc(OCc4ccc([C@@H](C)O)cc4)c(OCC)c3)C(=O)C2C1c1ccc(C)cc1. The van der Waals surface area contributed by atoms with Gasteiger partial charge in [-0.3, -0.25) is 4.79 Å². The second-order valence-corrected chi connectivity index (χ2v) is 11.0. The number of carbonyl (C=O) groups is 2. The molecule has 3 aromatic rings. The molecule has 0 saturated heterocycles. The highest BCUT2D eigenvalue weighted by molar-refractivity contribution is 6.21. The number of ketones is 1. The van der Waals surface area contributed by atoms with Gasteiger partial charge in [0.15, 0.2) is 17.3 Å². The highest BCUT2D eigenvalue weighted by atomic mass is 16.5. The average Bonchev–Trinajstić information content (AvgIpc) is 3.30. The van der Waals surface area contributed by atoms with Gasteiger partial charge in [0.2, 0.25) is 0 Å². The number of nitrogens with zero attached hydrogens (tertiary/aromatic N) is 1. The predicted octanol–water partition coefficient (Wildman–Crippen LogP) is 6.19. The van der Waals surface area contributed by atoms with Crippen LogP contribution in [0.4, 0.5) is 0 Å². The van der Waals surface area contributed by atoms with Crippen LogP contribution < -0.4 is 14.8 Å². The standard InChI is InChI=1S/C36H38N2O6/c1-6-42-30-19-25(12-17-29(30)44-20-24-10-15-26(16-11-24)23(5)39)18-28-34(40)33-32(27-13-8-21(3)9-14-27)31(36(41)43-7-2)22(4)37-35(33)38-28/h8-19,23,32-33,39H,6-7,20H2,1-5H3,(H,37,38)/b28-18-/t23-,32?,33?/m1/s1. The van der Waals surface area contributed by atoms with Crippen molar-refractivity contribution in [3.63, 3.8) is 0 Å². The zero-order chi connectivity index (χ0) is 31.4. The summed E-state index contributed by atoms with van der Waals surface area (Å²) in [5.41, 5.74) is 5.83. The van der Waals surface area contributed by atoms with E-state index in [-0.39, 0.29) is 12.4 Å². The van der Waals surface area contributed by atoms with Crippen molar-refractivity contribution in [1.82, 2.24) is 5.32 Å². The van der Waals surface area contributed by atoms with E-state index in [2.05, 4.69) is 5.32 Å². The summed E-state index contributed by atoms with van der Waals surface area (Å²) >= 11 is 0. The van der Waals surface area contributed by atoms with E-state index in [9.17, 15) is 14.7 Å². The van der Waals surface area contributed by atoms with Gasteiger partial charge in [0.1, 0.15) is 18.1 Å². The maximum absolute atomic E-state index is 14.0. The van der Waals surface area contributed by atoms with E-state index in [4.69, 9.17) is 19.2 Å². The van der Waals surface area contributed by atoms with Crippen molar-refractivity contribution in [2.24, 2.45) is 10.9 Å². The second-order valence-electron chi connectivity index (χ2n) is 11.0. The molecular formula is C36H38N2O6. The summed E-state index contributed by atoms with van der Waals surface area (Å²) in [5, 5.41) is 13.0. The summed E-state index contributed by atoms with van der Waals surface area (Å²) in [4.78, 5) is 31.8. The minimum Gasteiger partial charge on any atom is -0.490 e. The molecule has 3 atom stereocenters. The number of allylic oxidation sites excluding steroid dienone is 2. The highest BCUT2D eigenvalue weighted by Crippen LogP contribution is 2.43. The minimum atomic E-state index is -0.679. The quantitative estimate of drug-likeness (QED) is 0.213. The molecule has 2 aliphatic rings. The molecule has 5 rings (SSSR count). The number of rotatable bonds is 10. The van der Waals surface area contributed by atoms with Crippen LogP contribution in [0.1, 0.15) is 67.5 Å². The molecule has 0 bridgehead atoms. The first-order valence-electron chi connectivity index (χ1n) is 14.9. The summed E-state index contributed by atoms with van der Waals surface area (Å²) in [6.45, 7) is 10.2. The number of hydrogen-bond acceptors (Lipinski definition) is 8. The number of amidine groups is 1. The summed E-state index contributed by atoms with van der Waals surface area (Å²) in [6.07, 6.45) is 1.21. The summed E-state index contributed by atoms with van der Waals surface area (Å²) in [5.74, 6) is -0.181. The molecule has 0 aromatic heterocycles. The van der Waals surface area contributed by atoms with Gasteiger partial charge in [0.05, 0.1) is 30.8 Å². The van der Waals surface area contributed by atoms with Crippen LogP contribution in [0.5, 0.6) is 11.5 Å². The average molecular weight is 595 g/mol. The third-order valence-corrected chi connectivity index (χ3v) is 7.79. The van der Waals surface area contributed by atoms with E-state index in [0.29, 0.717) is 47.5 Å². The molecule has 8 nitrogen and oxygen atoms in total. The van der Waals surface area contributed by atoms with Gasteiger partial charge in [-0.05, 0) is 75.1 Å². The molecule has 8 heteroatoms. The number of hydrogen-bond donors (Lipinski definition) is 2. The number of ether oxygens (including phenoxy) is 3. The molecular weight excluding hydrogens is 556 g/mol. The van der Waals surface area contributed by atoms with Crippen molar-refractivity contribution < 1.29 is 28.9 Å².